The van der Waals surface area contributed by atoms with Crippen molar-refractivity contribution >= 4 is 31.7 Å². The van der Waals surface area contributed by atoms with Gasteiger partial charge in [-0.15, -0.1) is 0 Å². The lowest BCUT2D eigenvalue weighted by Crippen LogP contribution is -2.30. The van der Waals surface area contributed by atoms with E-state index in [-0.39, 0.29) is 16.5 Å². The van der Waals surface area contributed by atoms with Gasteiger partial charge in [0, 0.05) is 18.7 Å². The van der Waals surface area contributed by atoms with Crippen LogP contribution in [0.15, 0.2) is 44.8 Å². The summed E-state index contributed by atoms with van der Waals surface area (Å²) < 4.78 is 25.6. The first-order valence-electron chi connectivity index (χ1n) is 7.64. The second-order valence-corrected chi connectivity index (χ2v) is 8.12. The number of hydrogen-bond acceptors (Lipinski definition) is 5. The minimum atomic E-state index is -3.81. The Hall–Kier alpha value is -2.00. The summed E-state index contributed by atoms with van der Waals surface area (Å²) in [6.45, 7) is 4.77. The van der Waals surface area contributed by atoms with Gasteiger partial charge in [0.05, 0.1) is 11.1 Å². The van der Waals surface area contributed by atoms with Crippen molar-refractivity contribution in [2.75, 3.05) is 13.1 Å². The Morgan fingerprint density at radius 3 is 2.56 bits per heavy atom. The lowest BCUT2D eigenvalue weighted by atomic mass is 10.2. The van der Waals surface area contributed by atoms with Crippen molar-refractivity contribution in [2.45, 2.75) is 24.5 Å². The molecule has 0 unspecified atom stereocenters. The number of H-pyrrole nitrogens is 1. The first-order chi connectivity index (χ1) is 11.8. The van der Waals surface area contributed by atoms with Gasteiger partial charge in [0.1, 0.15) is 16.0 Å². The summed E-state index contributed by atoms with van der Waals surface area (Å²) in [6, 6.07) is 5.83. The van der Waals surface area contributed by atoms with E-state index in [4.69, 9.17) is 0 Å². The lowest BCUT2D eigenvalue weighted by molar-refractivity contribution is 0.0772. The Morgan fingerprint density at radius 1 is 1.28 bits per heavy atom. The number of carbonyl (C=O) groups is 1. The second-order valence-electron chi connectivity index (χ2n) is 5.27. The van der Waals surface area contributed by atoms with E-state index in [1.807, 2.05) is 13.8 Å². The number of halogens is 1. The van der Waals surface area contributed by atoms with Crippen molar-refractivity contribution in [3.63, 3.8) is 0 Å². The van der Waals surface area contributed by atoms with E-state index in [1.165, 1.54) is 24.4 Å². The number of benzene rings is 1. The topological polar surface area (TPSA) is 100 Å². The van der Waals surface area contributed by atoms with Crippen molar-refractivity contribution in [3.8, 4) is 0 Å². The summed E-state index contributed by atoms with van der Waals surface area (Å²) in [4.78, 5) is 32.1. The van der Waals surface area contributed by atoms with Gasteiger partial charge in [-0.25, -0.2) is 8.42 Å². The molecule has 1 aromatic carbocycles. The summed E-state index contributed by atoms with van der Waals surface area (Å²) in [6.07, 6.45) is 1.33. The molecule has 1 N–H and O–H groups in total. The van der Waals surface area contributed by atoms with Gasteiger partial charge < -0.3 is 9.88 Å². The van der Waals surface area contributed by atoms with Crippen LogP contribution < -0.4 is 5.56 Å². The molecule has 134 valence electrons. The molecular formula is C16H18BrN3O4S. The molecule has 2 aromatic rings. The quantitative estimate of drug-likeness (QED) is 0.759. The van der Waals surface area contributed by atoms with E-state index in [9.17, 15) is 18.0 Å². The van der Waals surface area contributed by atoms with Gasteiger partial charge in [-0.05, 0) is 48.0 Å². The van der Waals surface area contributed by atoms with Gasteiger partial charge in [-0.1, -0.05) is 6.07 Å². The van der Waals surface area contributed by atoms with E-state index < -0.39 is 21.1 Å². The predicted octanol–water partition coefficient (Wildman–Crippen LogP) is 1.99. The highest BCUT2D eigenvalue weighted by Gasteiger charge is 2.21. The summed E-state index contributed by atoms with van der Waals surface area (Å²) >= 11 is 3.06. The number of nitrogens with zero attached hydrogens (tertiary/aromatic N) is 2. The molecule has 0 atom stereocenters. The number of amides is 1. The molecular weight excluding hydrogens is 410 g/mol. The van der Waals surface area contributed by atoms with Crippen molar-refractivity contribution in [3.05, 3.63) is 56.7 Å². The maximum Gasteiger partial charge on any atom is 0.271 e. The maximum atomic E-state index is 12.6. The molecule has 0 spiro atoms. The number of hydrogen-bond donors (Lipinski definition) is 1. The van der Waals surface area contributed by atoms with Crippen molar-refractivity contribution in [1.82, 2.24) is 14.9 Å². The Bertz CT molecular complexity index is 936. The fourth-order valence-electron chi connectivity index (χ4n) is 2.29. The molecule has 0 saturated carbocycles. The molecule has 1 amide bonds. The van der Waals surface area contributed by atoms with Crippen LogP contribution >= 0.6 is 15.9 Å². The fourth-order valence-corrected chi connectivity index (χ4v) is 3.90. The SMILES string of the molecule is CCN(CC)C(=O)c1cccc(S(=O)(=O)Cc2ncc(Br)[nH]c2=O)c1. The van der Waals surface area contributed by atoms with Crippen molar-refractivity contribution in [2.24, 2.45) is 0 Å². The predicted molar refractivity (Wildman–Crippen MR) is 97.1 cm³/mol. The van der Waals surface area contributed by atoms with E-state index in [2.05, 4.69) is 25.9 Å². The highest BCUT2D eigenvalue weighted by molar-refractivity contribution is 9.10. The first-order valence-corrected chi connectivity index (χ1v) is 10.1. The largest absolute Gasteiger partial charge is 0.339 e. The zero-order chi connectivity index (χ0) is 18.6. The Labute approximate surface area is 154 Å². The molecule has 0 fully saturated rings. The van der Waals surface area contributed by atoms with Gasteiger partial charge in [-0.3, -0.25) is 14.6 Å². The number of aromatic amines is 1. The summed E-state index contributed by atoms with van der Waals surface area (Å²) in [5, 5.41) is 0. The third kappa shape index (κ3) is 4.55. The second kappa shape index (κ2) is 7.92. The number of nitrogens with one attached hydrogen (secondary N) is 1. The minimum Gasteiger partial charge on any atom is -0.339 e. The van der Waals surface area contributed by atoms with Gasteiger partial charge in [0.2, 0.25) is 0 Å². The average Bonchev–Trinajstić information content (AvgIpc) is 2.58. The average molecular weight is 428 g/mol. The molecule has 0 radical (unpaired) electrons. The molecule has 0 aliphatic heterocycles. The Balaban J connectivity index is 2.35. The van der Waals surface area contributed by atoms with Gasteiger partial charge >= 0.3 is 0 Å². The fraction of sp³-hybridized carbons (Fsp3) is 0.312. The van der Waals surface area contributed by atoms with Crippen molar-refractivity contribution < 1.29 is 13.2 Å². The monoisotopic (exact) mass is 427 g/mol. The molecule has 0 saturated heterocycles. The van der Waals surface area contributed by atoms with Crippen LogP contribution in [-0.4, -0.2) is 42.3 Å². The zero-order valence-corrected chi connectivity index (χ0v) is 16.2. The molecule has 25 heavy (non-hydrogen) atoms. The zero-order valence-electron chi connectivity index (χ0n) is 13.8. The van der Waals surface area contributed by atoms with Crippen LogP contribution in [0, 0.1) is 0 Å². The van der Waals surface area contributed by atoms with Gasteiger partial charge in [0.25, 0.3) is 11.5 Å². The molecule has 0 aliphatic rings. The van der Waals surface area contributed by atoms with Gasteiger partial charge in [0.15, 0.2) is 9.84 Å². The summed E-state index contributed by atoms with van der Waals surface area (Å²) in [5.74, 6) is -0.778. The van der Waals surface area contributed by atoms with Crippen LogP contribution in [0.3, 0.4) is 0 Å². The van der Waals surface area contributed by atoms with Crippen molar-refractivity contribution in [1.29, 1.82) is 0 Å². The molecule has 9 heteroatoms. The number of sulfone groups is 1. The highest BCUT2D eigenvalue weighted by Crippen LogP contribution is 2.17. The van der Waals surface area contributed by atoms with Crippen LogP contribution in [0.4, 0.5) is 0 Å². The van der Waals surface area contributed by atoms with Crippen LogP contribution in [0.25, 0.3) is 0 Å². The molecule has 1 heterocycles. The summed E-state index contributed by atoms with van der Waals surface area (Å²) in [5.41, 5.74) is -0.389. The highest BCUT2D eigenvalue weighted by atomic mass is 79.9. The standard InChI is InChI=1S/C16H18BrN3O4S/c1-3-20(4-2)16(22)11-6-5-7-12(8-11)25(23,24)10-13-15(21)19-14(17)9-18-13/h5-9H,3-4,10H2,1-2H3,(H,19,21). The lowest BCUT2D eigenvalue weighted by Gasteiger charge is -2.18. The molecule has 2 rings (SSSR count). The number of aromatic nitrogens is 2. The molecule has 0 aliphatic carbocycles. The third-order valence-electron chi connectivity index (χ3n) is 3.65. The Morgan fingerprint density at radius 2 is 1.96 bits per heavy atom. The minimum absolute atomic E-state index is 0.0189. The smallest absolute Gasteiger partial charge is 0.271 e. The van der Waals surface area contributed by atoms with Crippen LogP contribution in [0.1, 0.15) is 29.9 Å². The molecule has 7 nitrogen and oxygen atoms in total. The normalized spacial score (nSPS) is 11.3. The van der Waals surface area contributed by atoms with E-state index >= 15 is 0 Å². The van der Waals surface area contributed by atoms with Crippen LogP contribution in [-0.2, 0) is 15.6 Å². The van der Waals surface area contributed by atoms with E-state index in [1.54, 1.807) is 11.0 Å². The molecule has 0 bridgehead atoms. The Kier molecular flexibility index (Phi) is 6.12. The van der Waals surface area contributed by atoms with Gasteiger partial charge in [-0.2, -0.15) is 0 Å². The number of carbonyl (C=O) groups excluding carboxylic acids is 1. The van der Waals surface area contributed by atoms with Crippen LogP contribution in [0.5, 0.6) is 0 Å². The first kappa shape index (κ1) is 19.3. The van der Waals surface area contributed by atoms with Crippen LogP contribution in [0.2, 0.25) is 0 Å². The number of rotatable bonds is 6. The third-order valence-corrected chi connectivity index (χ3v) is 5.67. The molecule has 1 aromatic heterocycles. The maximum absolute atomic E-state index is 12.6. The van der Waals surface area contributed by atoms with E-state index in [0.29, 0.717) is 23.3 Å². The summed E-state index contributed by atoms with van der Waals surface area (Å²) in [7, 11) is -3.81. The van der Waals surface area contributed by atoms with E-state index in [0.717, 1.165) is 0 Å².